The second kappa shape index (κ2) is 4.31. The molecule has 0 spiro atoms. The first-order valence-electron chi connectivity index (χ1n) is 5.72. The van der Waals surface area contributed by atoms with Gasteiger partial charge in [-0.05, 0) is 24.6 Å². The fraction of sp³-hybridized carbons (Fsp3) is 0.154. The van der Waals surface area contributed by atoms with Gasteiger partial charge in [0, 0.05) is 16.5 Å². The quantitative estimate of drug-likeness (QED) is 0.922. The summed E-state index contributed by atoms with van der Waals surface area (Å²) in [7, 11) is 0. The van der Waals surface area contributed by atoms with Crippen LogP contribution in [0.3, 0.4) is 0 Å². The number of carboxylic acid groups (broad SMARTS) is 1. The lowest BCUT2D eigenvalue weighted by atomic mass is 10.2. The van der Waals surface area contributed by atoms with Gasteiger partial charge in [-0.15, -0.1) is 0 Å². The lowest BCUT2D eigenvalue weighted by molar-refractivity contribution is 0.0688. The van der Waals surface area contributed by atoms with E-state index in [0.29, 0.717) is 29.8 Å². The van der Waals surface area contributed by atoms with Gasteiger partial charge in [0.15, 0.2) is 11.5 Å². The zero-order chi connectivity index (χ0) is 13.6. The Morgan fingerprint density at radius 1 is 1.37 bits per heavy atom. The summed E-state index contributed by atoms with van der Waals surface area (Å²) in [4.78, 5) is 23.1. The van der Waals surface area contributed by atoms with Gasteiger partial charge in [-0.3, -0.25) is 4.79 Å². The summed E-state index contributed by atoms with van der Waals surface area (Å²) in [6, 6.07) is 7.25. The average Bonchev–Trinajstić information content (AvgIpc) is 2.90. The molecule has 3 rings (SSSR count). The van der Waals surface area contributed by atoms with Crippen molar-refractivity contribution in [3.05, 3.63) is 45.7 Å². The van der Waals surface area contributed by atoms with E-state index in [0.717, 1.165) is 4.47 Å². The van der Waals surface area contributed by atoms with Crippen molar-refractivity contribution in [3.63, 3.8) is 0 Å². The first-order chi connectivity index (χ1) is 9.08. The molecule has 0 radical (unpaired) electrons. The summed E-state index contributed by atoms with van der Waals surface area (Å²) in [5.41, 5.74) is 1.59. The third-order valence-electron chi connectivity index (χ3n) is 3.11. The van der Waals surface area contributed by atoms with Crippen LogP contribution in [0.5, 0.6) is 0 Å². The Balaban J connectivity index is 2.25. The predicted octanol–water partition coefficient (Wildman–Crippen LogP) is 2.46. The van der Waals surface area contributed by atoms with Crippen molar-refractivity contribution in [2.24, 2.45) is 0 Å². The number of carbonyl (C=O) groups is 2. The monoisotopic (exact) mass is 320 g/mol. The molecule has 1 heterocycles. The van der Waals surface area contributed by atoms with Crippen LogP contribution in [-0.2, 0) is 6.42 Å². The van der Waals surface area contributed by atoms with E-state index >= 15 is 0 Å². The molecule has 1 N–H and O–H groups in total. The fourth-order valence-electron chi connectivity index (χ4n) is 2.30. The SMILES string of the molecule is O=C(O)c1nn(-c2cccc(Br)c2)c2c1CCC2=O. The van der Waals surface area contributed by atoms with Gasteiger partial charge < -0.3 is 5.11 Å². The fourth-order valence-corrected chi connectivity index (χ4v) is 2.68. The molecule has 1 aliphatic rings. The number of aromatic nitrogens is 2. The Labute approximate surface area is 117 Å². The summed E-state index contributed by atoms with van der Waals surface area (Å²) < 4.78 is 2.27. The molecule has 0 bridgehead atoms. The molecular weight excluding hydrogens is 312 g/mol. The molecule has 0 amide bonds. The number of carboxylic acids is 1. The second-order valence-electron chi connectivity index (χ2n) is 4.30. The molecule has 0 atom stereocenters. The van der Waals surface area contributed by atoms with Gasteiger partial charge in [0.1, 0.15) is 5.69 Å². The standard InChI is InChI=1S/C13H9BrN2O3/c14-7-2-1-3-8(6-7)16-12-9(4-5-10(12)17)11(15-16)13(18)19/h1-3,6H,4-5H2,(H,18,19). The lowest BCUT2D eigenvalue weighted by Crippen LogP contribution is -2.07. The topological polar surface area (TPSA) is 72.2 Å². The highest BCUT2D eigenvalue weighted by Crippen LogP contribution is 2.28. The van der Waals surface area contributed by atoms with Gasteiger partial charge >= 0.3 is 5.97 Å². The summed E-state index contributed by atoms with van der Waals surface area (Å²) in [5.74, 6) is -1.16. The van der Waals surface area contributed by atoms with Crippen molar-refractivity contribution in [1.29, 1.82) is 0 Å². The number of hydrogen-bond donors (Lipinski definition) is 1. The summed E-state index contributed by atoms with van der Waals surface area (Å²) in [5, 5.41) is 13.2. The van der Waals surface area contributed by atoms with Crippen LogP contribution in [0.4, 0.5) is 0 Å². The minimum Gasteiger partial charge on any atom is -0.476 e. The van der Waals surface area contributed by atoms with E-state index in [1.807, 2.05) is 12.1 Å². The number of aromatic carboxylic acids is 1. The first kappa shape index (κ1) is 12.1. The number of ketones is 1. The lowest BCUT2D eigenvalue weighted by Gasteiger charge is -2.04. The van der Waals surface area contributed by atoms with Crippen LogP contribution in [0.15, 0.2) is 28.7 Å². The van der Waals surface area contributed by atoms with Gasteiger partial charge in [-0.2, -0.15) is 5.10 Å². The number of nitrogens with zero attached hydrogens (tertiary/aromatic N) is 2. The van der Waals surface area contributed by atoms with E-state index in [1.165, 1.54) is 4.68 Å². The van der Waals surface area contributed by atoms with Gasteiger partial charge in [0.2, 0.25) is 0 Å². The summed E-state index contributed by atoms with van der Waals surface area (Å²) >= 11 is 3.35. The maximum absolute atomic E-state index is 11.9. The van der Waals surface area contributed by atoms with Crippen LogP contribution in [-0.4, -0.2) is 26.6 Å². The van der Waals surface area contributed by atoms with E-state index in [2.05, 4.69) is 21.0 Å². The molecule has 0 saturated heterocycles. The van der Waals surface area contributed by atoms with Crippen molar-refractivity contribution < 1.29 is 14.7 Å². The number of halogens is 1. The Bertz CT molecular complexity index is 706. The molecular formula is C13H9BrN2O3. The van der Waals surface area contributed by atoms with E-state index in [9.17, 15) is 9.59 Å². The van der Waals surface area contributed by atoms with Crippen LogP contribution < -0.4 is 0 Å². The van der Waals surface area contributed by atoms with Crippen LogP contribution in [0.25, 0.3) is 5.69 Å². The van der Waals surface area contributed by atoms with E-state index in [1.54, 1.807) is 12.1 Å². The van der Waals surface area contributed by atoms with Crippen LogP contribution in [0.2, 0.25) is 0 Å². The Hall–Kier alpha value is -1.95. The number of rotatable bonds is 2. The molecule has 1 aliphatic carbocycles. The van der Waals surface area contributed by atoms with E-state index < -0.39 is 5.97 Å². The Morgan fingerprint density at radius 2 is 2.16 bits per heavy atom. The number of carbonyl (C=O) groups excluding carboxylic acids is 1. The van der Waals surface area contributed by atoms with Gasteiger partial charge in [0.25, 0.3) is 0 Å². The maximum Gasteiger partial charge on any atom is 0.356 e. The highest BCUT2D eigenvalue weighted by molar-refractivity contribution is 9.10. The molecule has 1 aromatic carbocycles. The number of fused-ring (bicyclic) bond motifs is 1. The van der Waals surface area contributed by atoms with E-state index in [-0.39, 0.29) is 11.5 Å². The van der Waals surface area contributed by atoms with Crippen molar-refractivity contribution in [2.75, 3.05) is 0 Å². The molecule has 0 aliphatic heterocycles. The van der Waals surface area contributed by atoms with Gasteiger partial charge in [-0.1, -0.05) is 22.0 Å². The Morgan fingerprint density at radius 3 is 2.84 bits per heavy atom. The van der Waals surface area contributed by atoms with E-state index in [4.69, 9.17) is 5.11 Å². The maximum atomic E-state index is 11.9. The highest BCUT2D eigenvalue weighted by Gasteiger charge is 2.32. The zero-order valence-electron chi connectivity index (χ0n) is 9.76. The minimum absolute atomic E-state index is 0.0270. The minimum atomic E-state index is -1.10. The molecule has 19 heavy (non-hydrogen) atoms. The predicted molar refractivity (Wildman–Crippen MR) is 70.9 cm³/mol. The molecule has 5 nitrogen and oxygen atoms in total. The molecule has 0 saturated carbocycles. The number of hydrogen-bond acceptors (Lipinski definition) is 3. The first-order valence-corrected chi connectivity index (χ1v) is 6.51. The van der Waals surface area contributed by atoms with Crippen LogP contribution in [0.1, 0.15) is 33.0 Å². The smallest absolute Gasteiger partial charge is 0.356 e. The number of benzene rings is 1. The molecule has 2 aromatic rings. The zero-order valence-corrected chi connectivity index (χ0v) is 11.3. The normalized spacial score (nSPS) is 13.6. The van der Waals surface area contributed by atoms with Crippen molar-refractivity contribution in [2.45, 2.75) is 12.8 Å². The highest BCUT2D eigenvalue weighted by atomic mass is 79.9. The van der Waals surface area contributed by atoms with Crippen molar-refractivity contribution in [1.82, 2.24) is 9.78 Å². The van der Waals surface area contributed by atoms with Gasteiger partial charge in [-0.25, -0.2) is 9.48 Å². The van der Waals surface area contributed by atoms with Crippen molar-refractivity contribution in [3.8, 4) is 5.69 Å². The third kappa shape index (κ3) is 1.88. The third-order valence-corrected chi connectivity index (χ3v) is 3.60. The Kier molecular flexibility index (Phi) is 2.74. The van der Waals surface area contributed by atoms with Crippen LogP contribution >= 0.6 is 15.9 Å². The van der Waals surface area contributed by atoms with Crippen LogP contribution in [0, 0.1) is 0 Å². The molecule has 96 valence electrons. The molecule has 1 aromatic heterocycles. The molecule has 0 unspecified atom stereocenters. The van der Waals surface area contributed by atoms with Crippen molar-refractivity contribution >= 4 is 27.7 Å². The summed E-state index contributed by atoms with van der Waals surface area (Å²) in [6.45, 7) is 0. The molecule has 6 heteroatoms. The summed E-state index contributed by atoms with van der Waals surface area (Å²) in [6.07, 6.45) is 0.797. The second-order valence-corrected chi connectivity index (χ2v) is 5.21. The average molecular weight is 321 g/mol. The van der Waals surface area contributed by atoms with Gasteiger partial charge in [0.05, 0.1) is 5.69 Å². The largest absolute Gasteiger partial charge is 0.476 e. The molecule has 0 fully saturated rings. The number of Topliss-reactive ketones (excluding diaryl/α,β-unsaturated/α-hetero) is 1.